The van der Waals surface area contributed by atoms with Crippen molar-refractivity contribution in [2.45, 2.75) is 11.8 Å². The fourth-order valence-electron chi connectivity index (χ4n) is 2.57. The number of amides is 1. The summed E-state index contributed by atoms with van der Waals surface area (Å²) in [7, 11) is 0. The van der Waals surface area contributed by atoms with Gasteiger partial charge in [0.25, 0.3) is 0 Å². The van der Waals surface area contributed by atoms with Crippen molar-refractivity contribution in [2.24, 2.45) is 11.7 Å². The van der Waals surface area contributed by atoms with Crippen LogP contribution in [0.1, 0.15) is 12.0 Å². The molecule has 2 atom stereocenters. The Labute approximate surface area is 92.6 Å². The summed E-state index contributed by atoms with van der Waals surface area (Å²) in [5.41, 5.74) is 7.18. The van der Waals surface area contributed by atoms with Gasteiger partial charge in [-0.05, 0) is 42.6 Å². The van der Waals surface area contributed by atoms with Crippen LogP contribution in [-0.4, -0.2) is 12.5 Å². The van der Waals surface area contributed by atoms with E-state index in [0.29, 0.717) is 11.6 Å². The Balaban J connectivity index is 2.14. The third kappa shape index (κ3) is 1.02. The predicted octanol–water partition coefficient (Wildman–Crippen LogP) is 1.51. The first kappa shape index (κ1) is 9.19. The fraction of sp³-hybridized carbons (Fsp3) is 0.364. The Morgan fingerprint density at radius 1 is 1.60 bits per heavy atom. The minimum atomic E-state index is -0.366. The number of anilines is 1. The van der Waals surface area contributed by atoms with Gasteiger partial charge in [-0.3, -0.25) is 4.79 Å². The van der Waals surface area contributed by atoms with Gasteiger partial charge in [0.15, 0.2) is 0 Å². The summed E-state index contributed by atoms with van der Waals surface area (Å²) in [6.07, 6.45) is 0.850. The van der Waals surface area contributed by atoms with Gasteiger partial charge in [0.2, 0.25) is 5.91 Å². The molecular weight excluding hydrogens is 212 g/mol. The molecule has 1 fully saturated rings. The smallest absolute Gasteiger partial charge is 0.235 e. The van der Waals surface area contributed by atoms with Gasteiger partial charge in [-0.2, -0.15) is 0 Å². The van der Waals surface area contributed by atoms with Crippen molar-refractivity contribution < 1.29 is 4.79 Å². The van der Waals surface area contributed by atoms with Crippen LogP contribution in [0.4, 0.5) is 5.69 Å². The molecule has 0 aromatic heterocycles. The van der Waals surface area contributed by atoms with Gasteiger partial charge in [0, 0.05) is 10.7 Å². The number of hydrogen-bond donors (Lipinski definition) is 2. The molecule has 1 amide bonds. The minimum absolute atomic E-state index is 0.0789. The van der Waals surface area contributed by atoms with E-state index in [9.17, 15) is 4.79 Å². The van der Waals surface area contributed by atoms with Crippen molar-refractivity contribution in [3.05, 3.63) is 28.8 Å². The number of carbonyl (C=O) groups is 1. The van der Waals surface area contributed by atoms with E-state index in [-0.39, 0.29) is 17.2 Å². The zero-order valence-electron chi connectivity index (χ0n) is 8.09. The molecule has 1 aromatic rings. The Morgan fingerprint density at radius 2 is 2.40 bits per heavy atom. The average molecular weight is 223 g/mol. The molecular formula is C11H11ClN2O. The first-order chi connectivity index (χ1) is 7.18. The first-order valence-corrected chi connectivity index (χ1v) is 5.38. The maximum Gasteiger partial charge on any atom is 0.235 e. The van der Waals surface area contributed by atoms with Crippen LogP contribution in [0, 0.1) is 5.92 Å². The Kier molecular flexibility index (Phi) is 1.68. The lowest BCUT2D eigenvalue weighted by Gasteiger charge is -2.06. The molecule has 0 bridgehead atoms. The molecule has 1 aliphatic heterocycles. The third-order valence-corrected chi connectivity index (χ3v) is 3.74. The van der Waals surface area contributed by atoms with Crippen LogP contribution in [0.25, 0.3) is 0 Å². The van der Waals surface area contributed by atoms with Crippen molar-refractivity contribution in [1.29, 1.82) is 0 Å². The zero-order valence-corrected chi connectivity index (χ0v) is 8.84. The highest BCUT2D eigenvalue weighted by molar-refractivity contribution is 6.31. The molecule has 2 unspecified atom stereocenters. The SMILES string of the molecule is NCC1CC12C(=O)Nc1ccc(Cl)cc12. The maximum atomic E-state index is 11.9. The van der Waals surface area contributed by atoms with E-state index >= 15 is 0 Å². The van der Waals surface area contributed by atoms with Crippen molar-refractivity contribution in [1.82, 2.24) is 0 Å². The van der Waals surface area contributed by atoms with Gasteiger partial charge in [-0.15, -0.1) is 0 Å². The minimum Gasteiger partial charge on any atom is -0.330 e. The van der Waals surface area contributed by atoms with E-state index in [4.69, 9.17) is 17.3 Å². The molecule has 78 valence electrons. The standard InChI is InChI=1S/C11H11ClN2O/c12-7-1-2-9-8(3-7)11(10(15)14-9)4-6(11)5-13/h1-3,6H,4-5,13H2,(H,14,15). The second-order valence-corrected chi connectivity index (χ2v) is 4.69. The van der Waals surface area contributed by atoms with E-state index in [1.54, 1.807) is 6.07 Å². The zero-order chi connectivity index (χ0) is 10.6. The summed E-state index contributed by atoms with van der Waals surface area (Å²) in [4.78, 5) is 11.9. The summed E-state index contributed by atoms with van der Waals surface area (Å²) >= 11 is 5.95. The Hall–Kier alpha value is -1.06. The Morgan fingerprint density at radius 3 is 3.07 bits per heavy atom. The van der Waals surface area contributed by atoms with Crippen molar-refractivity contribution in [3.8, 4) is 0 Å². The van der Waals surface area contributed by atoms with Crippen LogP contribution < -0.4 is 11.1 Å². The van der Waals surface area contributed by atoms with Gasteiger partial charge in [-0.1, -0.05) is 11.6 Å². The first-order valence-electron chi connectivity index (χ1n) is 5.00. The highest BCUT2D eigenvalue weighted by Gasteiger charge is 2.63. The van der Waals surface area contributed by atoms with Crippen molar-refractivity contribution in [3.63, 3.8) is 0 Å². The second kappa shape index (κ2) is 2.74. The molecule has 1 saturated carbocycles. The number of halogens is 1. The molecule has 4 heteroatoms. The lowest BCUT2D eigenvalue weighted by Crippen LogP contribution is -2.23. The highest BCUT2D eigenvalue weighted by Crippen LogP contribution is 2.59. The highest BCUT2D eigenvalue weighted by atomic mass is 35.5. The molecule has 1 aromatic carbocycles. The topological polar surface area (TPSA) is 55.1 Å². The number of hydrogen-bond acceptors (Lipinski definition) is 2. The fourth-order valence-corrected chi connectivity index (χ4v) is 2.75. The Bertz CT molecular complexity index is 460. The molecule has 1 aliphatic carbocycles. The van der Waals surface area contributed by atoms with Gasteiger partial charge in [0.1, 0.15) is 0 Å². The lowest BCUT2D eigenvalue weighted by atomic mass is 9.95. The van der Waals surface area contributed by atoms with E-state index in [1.165, 1.54) is 0 Å². The molecule has 3 rings (SSSR count). The van der Waals surface area contributed by atoms with E-state index in [0.717, 1.165) is 17.7 Å². The molecule has 1 spiro atoms. The number of nitrogens with one attached hydrogen (secondary N) is 1. The molecule has 0 saturated heterocycles. The predicted molar refractivity (Wildman–Crippen MR) is 58.9 cm³/mol. The van der Waals surface area contributed by atoms with Gasteiger partial charge in [-0.25, -0.2) is 0 Å². The largest absolute Gasteiger partial charge is 0.330 e. The summed E-state index contributed by atoms with van der Waals surface area (Å²) in [6, 6.07) is 5.53. The van der Waals surface area contributed by atoms with Crippen molar-refractivity contribution >= 4 is 23.2 Å². The monoisotopic (exact) mass is 222 g/mol. The molecule has 3 nitrogen and oxygen atoms in total. The van der Waals surface area contributed by atoms with Crippen LogP contribution in [-0.2, 0) is 10.2 Å². The number of nitrogens with two attached hydrogens (primary N) is 1. The second-order valence-electron chi connectivity index (χ2n) is 4.25. The van der Waals surface area contributed by atoms with Crippen LogP contribution in [0.3, 0.4) is 0 Å². The summed E-state index contributed by atoms with van der Waals surface area (Å²) in [5, 5.41) is 3.56. The molecule has 3 N–H and O–H groups in total. The van der Waals surface area contributed by atoms with E-state index in [1.807, 2.05) is 12.1 Å². The van der Waals surface area contributed by atoms with Gasteiger partial charge >= 0.3 is 0 Å². The maximum absolute atomic E-state index is 11.9. The molecule has 1 heterocycles. The number of benzene rings is 1. The van der Waals surface area contributed by atoms with E-state index in [2.05, 4.69) is 5.32 Å². The number of rotatable bonds is 1. The van der Waals surface area contributed by atoms with Crippen LogP contribution >= 0.6 is 11.6 Å². The average Bonchev–Trinajstić information content (AvgIpc) is 2.89. The number of fused-ring (bicyclic) bond motifs is 2. The third-order valence-electron chi connectivity index (χ3n) is 3.51. The van der Waals surface area contributed by atoms with Gasteiger partial charge < -0.3 is 11.1 Å². The molecule has 2 aliphatic rings. The molecule has 15 heavy (non-hydrogen) atoms. The normalized spacial score (nSPS) is 31.6. The lowest BCUT2D eigenvalue weighted by molar-refractivity contribution is -0.118. The van der Waals surface area contributed by atoms with Crippen LogP contribution in [0.15, 0.2) is 18.2 Å². The van der Waals surface area contributed by atoms with Crippen LogP contribution in [0.2, 0.25) is 5.02 Å². The molecule has 0 radical (unpaired) electrons. The summed E-state index contributed by atoms with van der Waals surface area (Å²) in [6.45, 7) is 0.555. The van der Waals surface area contributed by atoms with E-state index < -0.39 is 0 Å². The van der Waals surface area contributed by atoms with Crippen molar-refractivity contribution in [2.75, 3.05) is 11.9 Å². The summed E-state index contributed by atoms with van der Waals surface area (Å²) < 4.78 is 0. The van der Waals surface area contributed by atoms with Gasteiger partial charge in [0.05, 0.1) is 5.41 Å². The number of carbonyl (C=O) groups excluding carboxylic acids is 1. The summed E-state index contributed by atoms with van der Waals surface area (Å²) in [5.74, 6) is 0.354. The quantitative estimate of drug-likeness (QED) is 0.757. The van der Waals surface area contributed by atoms with Crippen LogP contribution in [0.5, 0.6) is 0 Å².